The number of hydrogen-bond donors (Lipinski definition) is 2. The minimum Gasteiger partial charge on any atom is -0.478 e. The largest absolute Gasteiger partial charge is 0.478 e. The summed E-state index contributed by atoms with van der Waals surface area (Å²) in [6.45, 7) is 5.89. The molecule has 3 N–H and O–H groups in total. The maximum absolute atomic E-state index is 10.8. The van der Waals surface area contributed by atoms with Gasteiger partial charge in [-0.1, -0.05) is 13.8 Å². The number of pyridine rings is 1. The van der Waals surface area contributed by atoms with Crippen LogP contribution in [-0.2, 0) is 0 Å². The van der Waals surface area contributed by atoms with Gasteiger partial charge in [-0.05, 0) is 18.9 Å². The Bertz CT molecular complexity index is 391. The molecule has 5 nitrogen and oxygen atoms in total. The first kappa shape index (κ1) is 12.3. The fourth-order valence-corrected chi connectivity index (χ4v) is 1.05. The predicted molar refractivity (Wildman–Crippen MR) is 60.5 cm³/mol. The number of nitrogens with zero attached hydrogens (tertiary/aromatic N) is 1. The molecule has 1 rings (SSSR count). The van der Waals surface area contributed by atoms with Crippen molar-refractivity contribution in [2.24, 2.45) is 5.92 Å². The summed E-state index contributed by atoms with van der Waals surface area (Å²) in [5.74, 6) is -0.599. The minimum absolute atomic E-state index is 0.0148. The molecule has 0 saturated carbocycles. The van der Waals surface area contributed by atoms with E-state index in [1.165, 1.54) is 12.3 Å². The first-order valence-electron chi connectivity index (χ1n) is 5.08. The molecule has 0 bridgehead atoms. The van der Waals surface area contributed by atoms with Crippen LogP contribution in [0.3, 0.4) is 0 Å². The quantitative estimate of drug-likeness (QED) is 0.814. The normalized spacial score (nSPS) is 12.5. The van der Waals surface area contributed by atoms with Crippen LogP contribution in [0.5, 0.6) is 5.88 Å². The monoisotopic (exact) mass is 224 g/mol. The number of aromatic carboxylic acids is 1. The van der Waals surface area contributed by atoms with Crippen molar-refractivity contribution < 1.29 is 14.6 Å². The Hall–Kier alpha value is -1.78. The van der Waals surface area contributed by atoms with E-state index in [0.29, 0.717) is 5.92 Å². The van der Waals surface area contributed by atoms with Crippen molar-refractivity contribution in [2.75, 3.05) is 5.73 Å². The Morgan fingerprint density at radius 2 is 2.12 bits per heavy atom. The number of carboxylic acid groups (broad SMARTS) is 1. The molecular formula is C11H16N2O3. The van der Waals surface area contributed by atoms with E-state index in [0.717, 1.165) is 0 Å². The Morgan fingerprint density at radius 3 is 2.62 bits per heavy atom. The molecule has 16 heavy (non-hydrogen) atoms. The van der Waals surface area contributed by atoms with E-state index in [-0.39, 0.29) is 23.2 Å². The standard InChI is InChI=1S/C11H16N2O3/c1-6(2)7(3)16-10-9(12)8(11(14)15)4-5-13-10/h4-7H,12H2,1-3H3,(H,14,15). The van der Waals surface area contributed by atoms with Crippen molar-refractivity contribution in [1.82, 2.24) is 4.98 Å². The zero-order valence-electron chi connectivity index (χ0n) is 9.60. The fourth-order valence-electron chi connectivity index (χ4n) is 1.05. The second kappa shape index (κ2) is 4.83. The Balaban J connectivity index is 2.98. The molecule has 0 amide bonds. The maximum atomic E-state index is 10.8. The molecule has 0 spiro atoms. The van der Waals surface area contributed by atoms with Gasteiger partial charge in [0.15, 0.2) is 0 Å². The summed E-state index contributed by atoms with van der Waals surface area (Å²) in [6, 6.07) is 1.35. The van der Waals surface area contributed by atoms with Gasteiger partial charge in [0.1, 0.15) is 5.69 Å². The first-order chi connectivity index (χ1) is 7.43. The van der Waals surface area contributed by atoms with Gasteiger partial charge in [-0.15, -0.1) is 0 Å². The van der Waals surface area contributed by atoms with E-state index in [2.05, 4.69) is 4.98 Å². The third-order valence-electron chi connectivity index (χ3n) is 2.42. The lowest BCUT2D eigenvalue weighted by Crippen LogP contribution is -2.20. The highest BCUT2D eigenvalue weighted by atomic mass is 16.5. The van der Waals surface area contributed by atoms with E-state index >= 15 is 0 Å². The van der Waals surface area contributed by atoms with Crippen LogP contribution in [0.2, 0.25) is 0 Å². The topological polar surface area (TPSA) is 85.4 Å². The van der Waals surface area contributed by atoms with Crippen LogP contribution >= 0.6 is 0 Å². The summed E-state index contributed by atoms with van der Waals surface area (Å²) in [5.41, 5.74) is 5.75. The lowest BCUT2D eigenvalue weighted by atomic mass is 10.1. The molecule has 1 aromatic heterocycles. The summed E-state index contributed by atoms with van der Waals surface area (Å²) >= 11 is 0. The van der Waals surface area contributed by atoms with Gasteiger partial charge in [0.25, 0.3) is 0 Å². The van der Waals surface area contributed by atoms with E-state index in [9.17, 15) is 4.79 Å². The highest BCUT2D eigenvalue weighted by Gasteiger charge is 2.16. The number of anilines is 1. The number of nitrogen functional groups attached to an aromatic ring is 1. The average Bonchev–Trinajstić information content (AvgIpc) is 2.20. The van der Waals surface area contributed by atoms with Crippen LogP contribution in [-0.4, -0.2) is 22.2 Å². The van der Waals surface area contributed by atoms with Crippen molar-refractivity contribution in [1.29, 1.82) is 0 Å². The first-order valence-corrected chi connectivity index (χ1v) is 5.08. The van der Waals surface area contributed by atoms with E-state index < -0.39 is 5.97 Å². The molecule has 88 valence electrons. The molecule has 0 radical (unpaired) electrons. The Kier molecular flexibility index (Phi) is 3.71. The Labute approximate surface area is 94.2 Å². The number of rotatable bonds is 4. The van der Waals surface area contributed by atoms with Crippen LogP contribution < -0.4 is 10.5 Å². The predicted octanol–water partition coefficient (Wildman–Crippen LogP) is 1.79. The van der Waals surface area contributed by atoms with Crippen molar-refractivity contribution >= 4 is 11.7 Å². The summed E-state index contributed by atoms with van der Waals surface area (Å²) in [5, 5.41) is 8.87. The van der Waals surface area contributed by atoms with Gasteiger partial charge in [0.2, 0.25) is 5.88 Å². The molecule has 0 aliphatic heterocycles. The minimum atomic E-state index is -1.08. The second-order valence-corrected chi connectivity index (χ2v) is 3.95. The molecule has 1 heterocycles. The van der Waals surface area contributed by atoms with Crippen molar-refractivity contribution in [3.05, 3.63) is 17.8 Å². The van der Waals surface area contributed by atoms with E-state index in [4.69, 9.17) is 15.6 Å². The van der Waals surface area contributed by atoms with Crippen LogP contribution in [0.25, 0.3) is 0 Å². The number of nitrogens with two attached hydrogens (primary N) is 1. The lowest BCUT2D eigenvalue weighted by molar-refractivity contribution is 0.0697. The molecule has 0 fully saturated rings. The zero-order chi connectivity index (χ0) is 12.3. The van der Waals surface area contributed by atoms with Gasteiger partial charge in [0, 0.05) is 6.20 Å². The summed E-state index contributed by atoms with van der Waals surface area (Å²) in [6.07, 6.45) is 1.31. The molecule has 5 heteroatoms. The smallest absolute Gasteiger partial charge is 0.338 e. The zero-order valence-corrected chi connectivity index (χ0v) is 9.60. The van der Waals surface area contributed by atoms with Gasteiger partial charge in [-0.3, -0.25) is 0 Å². The highest BCUT2D eigenvalue weighted by Crippen LogP contribution is 2.24. The molecule has 1 atom stereocenters. The Morgan fingerprint density at radius 1 is 1.50 bits per heavy atom. The maximum Gasteiger partial charge on any atom is 0.338 e. The summed E-state index contributed by atoms with van der Waals surface area (Å²) in [4.78, 5) is 14.8. The van der Waals surface area contributed by atoms with Gasteiger partial charge < -0.3 is 15.6 Å². The second-order valence-electron chi connectivity index (χ2n) is 3.95. The molecule has 0 aliphatic carbocycles. The number of aromatic nitrogens is 1. The van der Waals surface area contributed by atoms with E-state index in [1.54, 1.807) is 0 Å². The number of carbonyl (C=O) groups is 1. The third kappa shape index (κ3) is 2.62. The van der Waals surface area contributed by atoms with Gasteiger partial charge in [-0.2, -0.15) is 0 Å². The van der Waals surface area contributed by atoms with Gasteiger partial charge in [-0.25, -0.2) is 9.78 Å². The number of ether oxygens (including phenoxy) is 1. The van der Waals surface area contributed by atoms with Crippen molar-refractivity contribution in [3.63, 3.8) is 0 Å². The fraction of sp³-hybridized carbons (Fsp3) is 0.455. The third-order valence-corrected chi connectivity index (χ3v) is 2.42. The average molecular weight is 224 g/mol. The SMILES string of the molecule is CC(C)C(C)Oc1nccc(C(=O)O)c1N. The lowest BCUT2D eigenvalue weighted by Gasteiger charge is -2.18. The molecule has 0 saturated heterocycles. The molecule has 1 unspecified atom stereocenters. The van der Waals surface area contributed by atoms with Gasteiger partial charge in [0.05, 0.1) is 11.7 Å². The highest BCUT2D eigenvalue weighted by molar-refractivity contribution is 5.94. The van der Waals surface area contributed by atoms with Crippen molar-refractivity contribution in [3.8, 4) is 5.88 Å². The summed E-state index contributed by atoms with van der Waals surface area (Å²) in [7, 11) is 0. The molecule has 0 aromatic carbocycles. The molecule has 1 aromatic rings. The van der Waals surface area contributed by atoms with E-state index in [1.807, 2.05) is 20.8 Å². The molecular weight excluding hydrogens is 208 g/mol. The number of hydrogen-bond acceptors (Lipinski definition) is 4. The summed E-state index contributed by atoms with van der Waals surface area (Å²) < 4.78 is 5.50. The van der Waals surface area contributed by atoms with Crippen LogP contribution in [0.15, 0.2) is 12.3 Å². The molecule has 0 aliphatic rings. The van der Waals surface area contributed by atoms with Crippen LogP contribution in [0.1, 0.15) is 31.1 Å². The van der Waals surface area contributed by atoms with Crippen LogP contribution in [0, 0.1) is 5.92 Å². The number of carboxylic acids is 1. The van der Waals surface area contributed by atoms with Gasteiger partial charge >= 0.3 is 5.97 Å². The van der Waals surface area contributed by atoms with Crippen LogP contribution in [0.4, 0.5) is 5.69 Å². The van der Waals surface area contributed by atoms with Crippen molar-refractivity contribution in [2.45, 2.75) is 26.9 Å².